The van der Waals surface area contributed by atoms with E-state index in [0.717, 1.165) is 11.0 Å². The standard InChI is InChI=1S/C8H4N2.C6H5.C2H6.W.Y/c1-2-4-8-7(3-1)9-5-6-10-8;1-2-4-6-5-3-1;1-2;;/h1,3-5H;1-5H;1-2H3;;/q-2;-1;;+2;. The summed E-state index contributed by atoms with van der Waals surface area (Å²) in [6, 6.07) is 20.9. The Hall–Kier alpha value is -0.428. The van der Waals surface area contributed by atoms with Gasteiger partial charge in [0, 0.05) is 32.7 Å². The molecule has 0 saturated carbocycles. The van der Waals surface area contributed by atoms with E-state index in [1.54, 1.807) is 12.3 Å². The van der Waals surface area contributed by atoms with E-state index < -0.39 is 0 Å². The second-order valence-electron chi connectivity index (χ2n) is 2.99. The van der Waals surface area contributed by atoms with Gasteiger partial charge in [0.15, 0.2) is 0 Å². The van der Waals surface area contributed by atoms with Crippen LogP contribution in [0.15, 0.2) is 54.7 Å². The molecule has 0 amide bonds. The molecule has 0 aliphatic heterocycles. The zero-order valence-electron chi connectivity index (χ0n) is 11.6. The van der Waals surface area contributed by atoms with Crippen LogP contribution in [0.4, 0.5) is 0 Å². The average molecular weight is 508 g/mol. The minimum absolute atomic E-state index is 0. The largest absolute Gasteiger partial charge is 2.00 e. The third-order valence-corrected chi connectivity index (χ3v) is 1.87. The molecular formula is C16H15N2WY-. The van der Waals surface area contributed by atoms with Gasteiger partial charge in [0.1, 0.15) is 0 Å². The van der Waals surface area contributed by atoms with Crippen molar-refractivity contribution >= 4 is 11.0 Å². The normalized spacial score (nSPS) is 7.70. The number of aromatic nitrogens is 2. The molecule has 1 aromatic heterocycles. The molecule has 0 unspecified atom stereocenters. The van der Waals surface area contributed by atoms with E-state index in [2.05, 4.69) is 28.3 Å². The van der Waals surface area contributed by atoms with Gasteiger partial charge in [-0.05, 0) is 6.20 Å². The zero-order valence-corrected chi connectivity index (χ0v) is 17.3. The van der Waals surface area contributed by atoms with E-state index in [1.807, 2.05) is 56.3 Å². The molecule has 0 bridgehead atoms. The molecule has 0 saturated heterocycles. The molecule has 0 aliphatic carbocycles. The van der Waals surface area contributed by atoms with Gasteiger partial charge in [0.05, 0.1) is 0 Å². The first-order valence-electron chi connectivity index (χ1n) is 5.87. The number of rotatable bonds is 0. The predicted octanol–water partition coefficient (Wildman–Crippen LogP) is 3.74. The minimum atomic E-state index is 0. The van der Waals surface area contributed by atoms with Gasteiger partial charge in [-0.25, -0.2) is 0 Å². The van der Waals surface area contributed by atoms with Gasteiger partial charge in [-0.15, -0.1) is 12.3 Å². The molecule has 20 heavy (non-hydrogen) atoms. The Labute approximate surface area is 160 Å². The molecular weight excluding hydrogens is 493 g/mol. The Morgan fingerprint density at radius 3 is 2.10 bits per heavy atom. The monoisotopic (exact) mass is 508 g/mol. The van der Waals surface area contributed by atoms with Crippen molar-refractivity contribution < 1.29 is 53.8 Å². The topological polar surface area (TPSA) is 25.8 Å². The van der Waals surface area contributed by atoms with Crippen molar-refractivity contribution in [1.82, 2.24) is 9.97 Å². The molecule has 99 valence electrons. The fraction of sp³-hybridized carbons (Fsp3) is 0.125. The van der Waals surface area contributed by atoms with Crippen molar-refractivity contribution in [3.8, 4) is 0 Å². The molecule has 0 spiro atoms. The number of benzene rings is 2. The van der Waals surface area contributed by atoms with Crippen molar-refractivity contribution in [2.45, 2.75) is 13.8 Å². The maximum absolute atomic E-state index is 4.04. The smallest absolute Gasteiger partial charge is 0.450 e. The number of hydrogen-bond acceptors (Lipinski definition) is 2. The summed E-state index contributed by atoms with van der Waals surface area (Å²) in [7, 11) is 0. The van der Waals surface area contributed by atoms with Crippen molar-refractivity contribution in [1.29, 1.82) is 0 Å². The SMILES string of the molecule is CC.[W+2].[Y].[c-]1ccc2nc[c-]nc2c1.[c-]1ccccc1. The summed E-state index contributed by atoms with van der Waals surface area (Å²) in [5, 5.41) is 0. The minimum Gasteiger partial charge on any atom is -0.450 e. The van der Waals surface area contributed by atoms with Crippen LogP contribution in [-0.4, -0.2) is 9.97 Å². The van der Waals surface area contributed by atoms with Gasteiger partial charge in [0.25, 0.3) is 0 Å². The molecule has 1 radical (unpaired) electrons. The summed E-state index contributed by atoms with van der Waals surface area (Å²) < 4.78 is 0. The first-order chi connectivity index (χ1) is 8.97. The summed E-state index contributed by atoms with van der Waals surface area (Å²) in [5.41, 5.74) is 1.72. The molecule has 3 aromatic rings. The first kappa shape index (κ1) is 21.9. The van der Waals surface area contributed by atoms with Gasteiger partial charge >= 0.3 is 21.1 Å². The zero-order chi connectivity index (χ0) is 13.1. The predicted molar refractivity (Wildman–Crippen MR) is 73.8 cm³/mol. The molecule has 0 aliphatic rings. The fourth-order valence-electron chi connectivity index (χ4n) is 1.15. The van der Waals surface area contributed by atoms with Crippen molar-refractivity contribution in [3.05, 3.63) is 73.1 Å². The van der Waals surface area contributed by atoms with Crippen LogP contribution in [0.1, 0.15) is 13.8 Å². The maximum atomic E-state index is 4.04. The van der Waals surface area contributed by atoms with E-state index in [1.165, 1.54) is 0 Å². The van der Waals surface area contributed by atoms with Crippen molar-refractivity contribution in [3.63, 3.8) is 0 Å². The van der Waals surface area contributed by atoms with Crippen molar-refractivity contribution in [2.24, 2.45) is 0 Å². The molecule has 0 atom stereocenters. The number of hydrogen-bond donors (Lipinski definition) is 0. The van der Waals surface area contributed by atoms with Crippen LogP contribution in [0.25, 0.3) is 11.0 Å². The fourth-order valence-corrected chi connectivity index (χ4v) is 1.15. The summed E-state index contributed by atoms with van der Waals surface area (Å²) in [6.45, 7) is 4.00. The van der Waals surface area contributed by atoms with Crippen LogP contribution in [-0.2, 0) is 53.8 Å². The molecule has 1 heterocycles. The summed E-state index contributed by atoms with van der Waals surface area (Å²) >= 11 is 0. The Morgan fingerprint density at radius 2 is 1.60 bits per heavy atom. The Balaban J connectivity index is 0. The molecule has 2 nitrogen and oxygen atoms in total. The van der Waals surface area contributed by atoms with E-state index in [0.29, 0.717) is 0 Å². The van der Waals surface area contributed by atoms with Crippen molar-refractivity contribution in [2.75, 3.05) is 0 Å². The third-order valence-electron chi connectivity index (χ3n) is 1.87. The van der Waals surface area contributed by atoms with Gasteiger partial charge in [0.2, 0.25) is 0 Å². The van der Waals surface area contributed by atoms with Crippen LogP contribution >= 0.6 is 0 Å². The second-order valence-corrected chi connectivity index (χ2v) is 2.99. The van der Waals surface area contributed by atoms with Crippen LogP contribution in [0.2, 0.25) is 0 Å². The first-order valence-corrected chi connectivity index (χ1v) is 5.87. The molecule has 4 heteroatoms. The van der Waals surface area contributed by atoms with Gasteiger partial charge in [-0.3, -0.25) is 0 Å². The van der Waals surface area contributed by atoms with E-state index in [4.69, 9.17) is 0 Å². The quantitative estimate of drug-likeness (QED) is 0.433. The van der Waals surface area contributed by atoms with Crippen LogP contribution in [0.3, 0.4) is 0 Å². The van der Waals surface area contributed by atoms with Crippen LogP contribution < -0.4 is 0 Å². The van der Waals surface area contributed by atoms with Gasteiger partial charge in [-0.1, -0.05) is 24.9 Å². The average Bonchev–Trinajstić information content (AvgIpc) is 2.52. The second kappa shape index (κ2) is 15.0. The van der Waals surface area contributed by atoms with E-state index in [-0.39, 0.29) is 53.8 Å². The Kier molecular flexibility index (Phi) is 16.4. The summed E-state index contributed by atoms with van der Waals surface area (Å²) in [4.78, 5) is 8.01. The van der Waals surface area contributed by atoms with E-state index >= 15 is 0 Å². The molecule has 2 aromatic carbocycles. The van der Waals surface area contributed by atoms with Gasteiger partial charge in [-0.2, -0.15) is 54.6 Å². The van der Waals surface area contributed by atoms with E-state index in [9.17, 15) is 0 Å². The summed E-state index contributed by atoms with van der Waals surface area (Å²) in [5.74, 6) is 0. The molecule has 0 fully saturated rings. The molecule has 3 rings (SSSR count). The van der Waals surface area contributed by atoms with Gasteiger partial charge < -0.3 is 9.97 Å². The van der Waals surface area contributed by atoms with Crippen LogP contribution in [0, 0.1) is 18.3 Å². The molecule has 0 N–H and O–H groups in total. The third kappa shape index (κ3) is 8.69. The number of nitrogens with zero attached hydrogens (tertiary/aromatic N) is 2. The maximum Gasteiger partial charge on any atom is 2.00 e. The summed E-state index contributed by atoms with van der Waals surface area (Å²) in [6.07, 6.45) is 4.21. The van der Waals surface area contributed by atoms with Crippen LogP contribution in [0.5, 0.6) is 0 Å². The Morgan fingerprint density at radius 1 is 0.900 bits per heavy atom. The number of fused-ring (bicyclic) bond motifs is 1. The Bertz CT molecular complexity index is 455.